The second-order valence-corrected chi connectivity index (χ2v) is 4.97. The van der Waals surface area contributed by atoms with Crippen molar-refractivity contribution in [3.8, 4) is 0 Å². The van der Waals surface area contributed by atoms with Crippen LogP contribution in [0.1, 0.15) is 26.7 Å². The van der Waals surface area contributed by atoms with E-state index in [9.17, 15) is 4.79 Å². The summed E-state index contributed by atoms with van der Waals surface area (Å²) in [5, 5.41) is 6.32. The van der Waals surface area contributed by atoms with E-state index in [0.717, 1.165) is 28.7 Å². The van der Waals surface area contributed by atoms with Gasteiger partial charge in [-0.25, -0.2) is 0 Å². The van der Waals surface area contributed by atoms with Gasteiger partial charge in [-0.3, -0.25) is 4.79 Å². The molecule has 1 aliphatic rings. The van der Waals surface area contributed by atoms with Crippen molar-refractivity contribution >= 4 is 33.2 Å². The fourth-order valence-corrected chi connectivity index (χ4v) is 2.39. The van der Waals surface area contributed by atoms with Gasteiger partial charge >= 0.3 is 0 Å². The molecule has 2 rings (SSSR count). The molecule has 1 heterocycles. The number of amides is 1. The normalized spacial score (nSPS) is 17.3. The van der Waals surface area contributed by atoms with E-state index in [2.05, 4.69) is 26.6 Å². The van der Waals surface area contributed by atoms with Crippen LogP contribution in [0.2, 0.25) is 0 Å². The van der Waals surface area contributed by atoms with Gasteiger partial charge < -0.3 is 10.6 Å². The number of fused-ring (bicyclic) bond motifs is 1. The summed E-state index contributed by atoms with van der Waals surface area (Å²) >= 11 is 3.43. The van der Waals surface area contributed by atoms with Crippen LogP contribution >= 0.6 is 15.9 Å². The number of rotatable bonds is 2. The van der Waals surface area contributed by atoms with Gasteiger partial charge in [0, 0.05) is 4.47 Å². The third kappa shape index (κ3) is 1.71. The minimum Gasteiger partial charge on any atom is -0.370 e. The van der Waals surface area contributed by atoms with Crippen molar-refractivity contribution in [2.45, 2.75) is 32.2 Å². The SMILES string of the molecule is CCC1(CC)Nc2cc(Br)ccc2NC1=O. The van der Waals surface area contributed by atoms with Crippen molar-refractivity contribution in [3.05, 3.63) is 22.7 Å². The van der Waals surface area contributed by atoms with Crippen LogP contribution in [0.5, 0.6) is 0 Å². The van der Waals surface area contributed by atoms with Gasteiger partial charge in [-0.15, -0.1) is 0 Å². The molecule has 0 fully saturated rings. The molecule has 1 aromatic carbocycles. The highest BCUT2D eigenvalue weighted by molar-refractivity contribution is 9.10. The fraction of sp³-hybridized carbons (Fsp3) is 0.417. The lowest BCUT2D eigenvalue weighted by Crippen LogP contribution is -2.51. The van der Waals surface area contributed by atoms with Crippen molar-refractivity contribution in [2.75, 3.05) is 10.6 Å². The zero-order chi connectivity index (χ0) is 11.8. The Kier molecular flexibility index (Phi) is 2.93. The molecule has 1 amide bonds. The monoisotopic (exact) mass is 282 g/mol. The smallest absolute Gasteiger partial charge is 0.250 e. The van der Waals surface area contributed by atoms with Crippen molar-refractivity contribution in [3.63, 3.8) is 0 Å². The largest absolute Gasteiger partial charge is 0.370 e. The number of hydrogen-bond acceptors (Lipinski definition) is 2. The Morgan fingerprint density at radius 3 is 2.56 bits per heavy atom. The number of hydrogen-bond donors (Lipinski definition) is 2. The number of benzene rings is 1. The van der Waals surface area contributed by atoms with Gasteiger partial charge in [0.25, 0.3) is 0 Å². The molecule has 0 aromatic heterocycles. The predicted octanol–water partition coefficient (Wildman–Crippen LogP) is 3.37. The van der Waals surface area contributed by atoms with Gasteiger partial charge in [0.05, 0.1) is 11.4 Å². The first-order chi connectivity index (χ1) is 7.61. The van der Waals surface area contributed by atoms with E-state index in [1.54, 1.807) is 0 Å². The van der Waals surface area contributed by atoms with Gasteiger partial charge in [0.1, 0.15) is 5.54 Å². The van der Waals surface area contributed by atoms with Crippen LogP contribution in [0.15, 0.2) is 22.7 Å². The minimum absolute atomic E-state index is 0.0623. The van der Waals surface area contributed by atoms with Crippen LogP contribution in [0.25, 0.3) is 0 Å². The Balaban J connectivity index is 2.43. The molecule has 0 saturated heterocycles. The zero-order valence-electron chi connectivity index (χ0n) is 9.43. The third-order valence-corrected chi connectivity index (χ3v) is 3.74. The Morgan fingerprint density at radius 2 is 1.94 bits per heavy atom. The van der Waals surface area contributed by atoms with Crippen LogP contribution in [-0.4, -0.2) is 11.4 Å². The minimum atomic E-state index is -0.464. The summed E-state index contributed by atoms with van der Waals surface area (Å²) < 4.78 is 1.01. The molecule has 0 saturated carbocycles. The number of carbonyl (C=O) groups is 1. The Hall–Kier alpha value is -1.03. The van der Waals surface area contributed by atoms with Crippen molar-refractivity contribution < 1.29 is 4.79 Å². The molecule has 0 bridgehead atoms. The standard InChI is InChI=1S/C12H15BrN2O/c1-3-12(4-2)11(16)14-9-6-5-8(13)7-10(9)15-12/h5-7,15H,3-4H2,1-2H3,(H,14,16). The molecule has 0 atom stereocenters. The van der Waals surface area contributed by atoms with E-state index in [0.29, 0.717) is 0 Å². The molecule has 0 spiro atoms. The lowest BCUT2D eigenvalue weighted by atomic mass is 9.89. The second-order valence-electron chi connectivity index (χ2n) is 4.06. The van der Waals surface area contributed by atoms with Crippen LogP contribution < -0.4 is 10.6 Å². The number of anilines is 2. The number of nitrogens with one attached hydrogen (secondary N) is 2. The number of halogens is 1. The van der Waals surface area contributed by atoms with Crippen molar-refractivity contribution in [1.82, 2.24) is 0 Å². The molecule has 3 nitrogen and oxygen atoms in total. The highest BCUT2D eigenvalue weighted by atomic mass is 79.9. The summed E-state index contributed by atoms with van der Waals surface area (Å²) in [5.74, 6) is 0.0623. The van der Waals surface area contributed by atoms with Crippen LogP contribution in [0.4, 0.5) is 11.4 Å². The average molecular weight is 283 g/mol. The highest BCUT2D eigenvalue weighted by Gasteiger charge is 2.38. The Bertz CT molecular complexity index is 427. The number of carbonyl (C=O) groups excluding carboxylic acids is 1. The van der Waals surface area contributed by atoms with E-state index in [4.69, 9.17) is 0 Å². The van der Waals surface area contributed by atoms with Crippen LogP contribution in [0.3, 0.4) is 0 Å². The molecular formula is C12H15BrN2O. The van der Waals surface area contributed by atoms with E-state index in [-0.39, 0.29) is 5.91 Å². The second kappa shape index (κ2) is 4.09. The molecule has 1 aliphatic heterocycles. The van der Waals surface area contributed by atoms with Gasteiger partial charge in [-0.2, -0.15) is 0 Å². The highest BCUT2D eigenvalue weighted by Crippen LogP contribution is 2.35. The van der Waals surface area contributed by atoms with E-state index in [1.165, 1.54) is 0 Å². The molecule has 2 N–H and O–H groups in total. The lowest BCUT2D eigenvalue weighted by Gasteiger charge is -2.37. The molecule has 0 radical (unpaired) electrons. The first-order valence-corrected chi connectivity index (χ1v) is 6.30. The van der Waals surface area contributed by atoms with Gasteiger partial charge in [0.15, 0.2) is 0 Å². The van der Waals surface area contributed by atoms with Crippen molar-refractivity contribution in [1.29, 1.82) is 0 Å². The molecule has 1 aromatic rings. The maximum Gasteiger partial charge on any atom is 0.250 e. The zero-order valence-corrected chi connectivity index (χ0v) is 11.0. The lowest BCUT2D eigenvalue weighted by molar-refractivity contribution is -0.120. The van der Waals surface area contributed by atoms with Gasteiger partial charge in [-0.05, 0) is 31.0 Å². The molecule has 16 heavy (non-hydrogen) atoms. The summed E-state index contributed by atoms with van der Waals surface area (Å²) in [6.07, 6.45) is 1.56. The molecule has 0 aliphatic carbocycles. The van der Waals surface area contributed by atoms with Crippen LogP contribution in [-0.2, 0) is 4.79 Å². The first kappa shape index (κ1) is 11.5. The Morgan fingerprint density at radius 1 is 1.25 bits per heavy atom. The van der Waals surface area contributed by atoms with E-state index >= 15 is 0 Å². The third-order valence-electron chi connectivity index (χ3n) is 3.25. The van der Waals surface area contributed by atoms with E-state index < -0.39 is 5.54 Å². The topological polar surface area (TPSA) is 41.1 Å². The molecular weight excluding hydrogens is 268 g/mol. The van der Waals surface area contributed by atoms with Crippen molar-refractivity contribution in [2.24, 2.45) is 0 Å². The maximum atomic E-state index is 12.0. The predicted molar refractivity (Wildman–Crippen MR) is 69.7 cm³/mol. The summed E-state index contributed by atoms with van der Waals surface area (Å²) in [5.41, 5.74) is 1.37. The molecule has 86 valence electrons. The quantitative estimate of drug-likeness (QED) is 0.873. The average Bonchev–Trinajstić information content (AvgIpc) is 2.29. The molecule has 0 unspecified atom stereocenters. The van der Waals surface area contributed by atoms with E-state index in [1.807, 2.05) is 32.0 Å². The maximum absolute atomic E-state index is 12.0. The summed E-state index contributed by atoms with van der Waals surface area (Å²) in [4.78, 5) is 12.0. The summed E-state index contributed by atoms with van der Waals surface area (Å²) in [6, 6.07) is 5.82. The van der Waals surface area contributed by atoms with Gasteiger partial charge in [0.2, 0.25) is 5.91 Å². The van der Waals surface area contributed by atoms with Crippen LogP contribution in [0, 0.1) is 0 Å². The molecule has 4 heteroatoms. The Labute approximate surface area is 104 Å². The fourth-order valence-electron chi connectivity index (χ4n) is 2.03. The van der Waals surface area contributed by atoms with Gasteiger partial charge in [-0.1, -0.05) is 29.8 Å². The summed E-state index contributed by atoms with van der Waals surface area (Å²) in [6.45, 7) is 4.05. The first-order valence-electron chi connectivity index (χ1n) is 5.50. The summed E-state index contributed by atoms with van der Waals surface area (Å²) in [7, 11) is 0.